The van der Waals surface area contributed by atoms with Gasteiger partial charge in [0.25, 0.3) is 5.91 Å². The van der Waals surface area contributed by atoms with E-state index in [0.29, 0.717) is 11.5 Å². The molecule has 0 aromatic carbocycles. The molecule has 1 aliphatic carbocycles. The summed E-state index contributed by atoms with van der Waals surface area (Å²) in [6.45, 7) is 3.05. The Morgan fingerprint density at radius 1 is 1.25 bits per heavy atom. The molecular formula is C15H24N4O. The van der Waals surface area contributed by atoms with Crippen molar-refractivity contribution in [3.8, 4) is 0 Å². The fourth-order valence-corrected chi connectivity index (χ4v) is 2.67. The van der Waals surface area contributed by atoms with Gasteiger partial charge in [0.2, 0.25) is 0 Å². The molecule has 0 bridgehead atoms. The van der Waals surface area contributed by atoms with Crippen LogP contribution in [0.2, 0.25) is 0 Å². The molecule has 5 heteroatoms. The number of amides is 1. The maximum atomic E-state index is 11.9. The van der Waals surface area contributed by atoms with Gasteiger partial charge in [-0.15, -0.1) is 0 Å². The van der Waals surface area contributed by atoms with Crippen molar-refractivity contribution in [1.82, 2.24) is 15.3 Å². The lowest BCUT2D eigenvalue weighted by atomic mass is 9.81. The van der Waals surface area contributed by atoms with E-state index in [1.807, 2.05) is 0 Å². The Balaban J connectivity index is 1.71. The number of hydrogen-bond donors (Lipinski definition) is 2. The Labute approximate surface area is 120 Å². The second kappa shape index (κ2) is 7.22. The number of carbonyl (C=O) groups excluding carboxylic acids is 1. The van der Waals surface area contributed by atoms with Crippen LogP contribution in [0.4, 0.5) is 5.82 Å². The molecule has 1 heterocycles. The van der Waals surface area contributed by atoms with Crippen molar-refractivity contribution in [2.24, 2.45) is 11.8 Å². The molecule has 1 aromatic heterocycles. The average molecular weight is 276 g/mol. The maximum absolute atomic E-state index is 11.9. The molecule has 1 saturated carbocycles. The van der Waals surface area contributed by atoms with E-state index in [1.54, 1.807) is 13.2 Å². The minimum Gasteiger partial charge on any atom is -0.372 e. The SMILES string of the molecule is CNc1cnc(C(=O)NCCC2CCC(C)CC2)cn1. The Morgan fingerprint density at radius 2 is 2.00 bits per heavy atom. The van der Waals surface area contributed by atoms with E-state index in [0.717, 1.165) is 24.8 Å². The van der Waals surface area contributed by atoms with Crippen molar-refractivity contribution >= 4 is 11.7 Å². The van der Waals surface area contributed by atoms with Crippen LogP contribution in [0.5, 0.6) is 0 Å². The summed E-state index contributed by atoms with van der Waals surface area (Å²) in [5.41, 5.74) is 0.376. The van der Waals surface area contributed by atoms with Gasteiger partial charge in [-0.1, -0.05) is 32.6 Å². The summed E-state index contributed by atoms with van der Waals surface area (Å²) >= 11 is 0. The zero-order valence-corrected chi connectivity index (χ0v) is 12.4. The summed E-state index contributed by atoms with van der Waals surface area (Å²) in [6.07, 6.45) is 9.40. The van der Waals surface area contributed by atoms with Crippen LogP contribution in [-0.2, 0) is 0 Å². The minimum absolute atomic E-state index is 0.135. The Kier molecular flexibility index (Phi) is 5.32. The van der Waals surface area contributed by atoms with Crippen LogP contribution in [0.25, 0.3) is 0 Å². The summed E-state index contributed by atoms with van der Waals surface area (Å²) in [4.78, 5) is 20.1. The van der Waals surface area contributed by atoms with Crippen molar-refractivity contribution in [2.75, 3.05) is 18.9 Å². The number of anilines is 1. The highest BCUT2D eigenvalue weighted by Gasteiger charge is 2.18. The number of rotatable bonds is 5. The summed E-state index contributed by atoms with van der Waals surface area (Å²) in [7, 11) is 1.77. The fourth-order valence-electron chi connectivity index (χ4n) is 2.67. The second-order valence-corrected chi connectivity index (χ2v) is 5.71. The zero-order chi connectivity index (χ0) is 14.4. The molecule has 1 aromatic rings. The molecule has 0 unspecified atom stereocenters. The van der Waals surface area contributed by atoms with Crippen LogP contribution < -0.4 is 10.6 Å². The molecule has 110 valence electrons. The smallest absolute Gasteiger partial charge is 0.271 e. The Bertz CT molecular complexity index is 424. The molecule has 1 aliphatic rings. The summed E-state index contributed by atoms with van der Waals surface area (Å²) in [6, 6.07) is 0. The average Bonchev–Trinajstić information content (AvgIpc) is 2.49. The largest absolute Gasteiger partial charge is 0.372 e. The molecular weight excluding hydrogens is 252 g/mol. The van der Waals surface area contributed by atoms with Gasteiger partial charge >= 0.3 is 0 Å². The molecule has 0 aliphatic heterocycles. The molecule has 20 heavy (non-hydrogen) atoms. The molecule has 5 nitrogen and oxygen atoms in total. The van der Waals surface area contributed by atoms with Crippen molar-refractivity contribution < 1.29 is 4.79 Å². The monoisotopic (exact) mass is 276 g/mol. The van der Waals surface area contributed by atoms with Gasteiger partial charge in [-0.25, -0.2) is 9.97 Å². The van der Waals surface area contributed by atoms with Crippen LogP contribution in [0.3, 0.4) is 0 Å². The third-order valence-corrected chi connectivity index (χ3v) is 4.11. The number of carbonyl (C=O) groups is 1. The first-order chi connectivity index (χ1) is 9.69. The molecule has 2 rings (SSSR count). The van der Waals surface area contributed by atoms with Gasteiger partial charge in [-0.3, -0.25) is 4.79 Å². The molecule has 0 radical (unpaired) electrons. The predicted molar refractivity (Wildman–Crippen MR) is 79.7 cm³/mol. The topological polar surface area (TPSA) is 66.9 Å². The molecule has 0 atom stereocenters. The van der Waals surface area contributed by atoms with Gasteiger partial charge in [-0.05, 0) is 18.3 Å². The van der Waals surface area contributed by atoms with Crippen LogP contribution in [0, 0.1) is 11.8 Å². The van der Waals surface area contributed by atoms with Gasteiger partial charge < -0.3 is 10.6 Å². The van der Waals surface area contributed by atoms with Crippen LogP contribution >= 0.6 is 0 Å². The third-order valence-electron chi connectivity index (χ3n) is 4.11. The lowest BCUT2D eigenvalue weighted by Gasteiger charge is -2.26. The number of aromatic nitrogens is 2. The summed E-state index contributed by atoms with van der Waals surface area (Å²) in [5.74, 6) is 2.17. The molecule has 1 amide bonds. The zero-order valence-electron chi connectivity index (χ0n) is 12.4. The van der Waals surface area contributed by atoms with Gasteiger partial charge in [0.05, 0.1) is 12.4 Å². The van der Waals surface area contributed by atoms with E-state index in [9.17, 15) is 4.79 Å². The number of hydrogen-bond acceptors (Lipinski definition) is 4. The van der Waals surface area contributed by atoms with Gasteiger partial charge in [0.1, 0.15) is 11.5 Å². The summed E-state index contributed by atoms with van der Waals surface area (Å²) in [5, 5.41) is 5.81. The second-order valence-electron chi connectivity index (χ2n) is 5.71. The van der Waals surface area contributed by atoms with E-state index in [4.69, 9.17) is 0 Å². The van der Waals surface area contributed by atoms with Crippen LogP contribution in [0.15, 0.2) is 12.4 Å². The van der Waals surface area contributed by atoms with E-state index >= 15 is 0 Å². The first-order valence-electron chi connectivity index (χ1n) is 7.47. The van der Waals surface area contributed by atoms with E-state index < -0.39 is 0 Å². The highest BCUT2D eigenvalue weighted by atomic mass is 16.1. The summed E-state index contributed by atoms with van der Waals surface area (Å²) < 4.78 is 0. The Morgan fingerprint density at radius 3 is 2.60 bits per heavy atom. The van der Waals surface area contributed by atoms with Gasteiger partial charge in [0.15, 0.2) is 0 Å². The normalized spacial score (nSPS) is 22.3. The first-order valence-corrected chi connectivity index (χ1v) is 7.47. The first kappa shape index (κ1) is 14.8. The van der Waals surface area contributed by atoms with Crippen LogP contribution in [0.1, 0.15) is 49.5 Å². The van der Waals surface area contributed by atoms with Crippen molar-refractivity contribution in [2.45, 2.75) is 39.0 Å². The van der Waals surface area contributed by atoms with Crippen molar-refractivity contribution in [3.63, 3.8) is 0 Å². The highest BCUT2D eigenvalue weighted by Crippen LogP contribution is 2.29. The Hall–Kier alpha value is -1.65. The molecule has 0 spiro atoms. The standard InChI is InChI=1S/C15H24N4O/c1-11-3-5-12(6-4-11)7-8-17-15(20)13-9-19-14(16-2)10-18-13/h9-12H,3-8H2,1-2H3,(H,16,19)(H,17,20). The third kappa shape index (κ3) is 4.18. The van der Waals surface area contributed by atoms with Crippen molar-refractivity contribution in [1.29, 1.82) is 0 Å². The maximum Gasteiger partial charge on any atom is 0.271 e. The van der Waals surface area contributed by atoms with Crippen molar-refractivity contribution in [3.05, 3.63) is 18.1 Å². The molecule has 0 saturated heterocycles. The molecule has 1 fully saturated rings. The minimum atomic E-state index is -0.135. The van der Waals surface area contributed by atoms with Crippen LogP contribution in [-0.4, -0.2) is 29.5 Å². The molecule has 2 N–H and O–H groups in total. The number of nitrogens with one attached hydrogen (secondary N) is 2. The van der Waals surface area contributed by atoms with Gasteiger partial charge in [-0.2, -0.15) is 0 Å². The highest BCUT2D eigenvalue weighted by molar-refractivity contribution is 5.91. The lowest BCUT2D eigenvalue weighted by molar-refractivity contribution is 0.0944. The lowest BCUT2D eigenvalue weighted by Crippen LogP contribution is -2.27. The quantitative estimate of drug-likeness (QED) is 0.867. The van der Waals surface area contributed by atoms with Gasteiger partial charge in [0, 0.05) is 13.6 Å². The van der Waals surface area contributed by atoms with E-state index in [-0.39, 0.29) is 5.91 Å². The number of nitrogens with zero attached hydrogens (tertiary/aromatic N) is 2. The van der Waals surface area contributed by atoms with E-state index in [1.165, 1.54) is 31.9 Å². The predicted octanol–water partition coefficient (Wildman–Crippen LogP) is 2.46. The van der Waals surface area contributed by atoms with E-state index in [2.05, 4.69) is 27.5 Å². The fraction of sp³-hybridized carbons (Fsp3) is 0.667.